The summed E-state index contributed by atoms with van der Waals surface area (Å²) in [5.41, 5.74) is 27.8. The number of para-hydroxylation sites is 6. The van der Waals surface area contributed by atoms with Crippen molar-refractivity contribution >= 4 is 131 Å². The first-order chi connectivity index (χ1) is 50.4. The number of fused-ring (bicyclic) bond motifs is 18. The van der Waals surface area contributed by atoms with Gasteiger partial charge in [0.1, 0.15) is 0 Å². The summed E-state index contributed by atoms with van der Waals surface area (Å²) in [7, 11) is 0. The molecule has 0 unspecified atom stereocenters. The van der Waals surface area contributed by atoms with Crippen molar-refractivity contribution in [3.05, 3.63) is 314 Å². The lowest BCUT2D eigenvalue weighted by molar-refractivity contribution is 0.405. The highest BCUT2D eigenvalue weighted by molar-refractivity contribution is 6.17. The fourth-order valence-electron chi connectivity index (χ4n) is 17.8. The summed E-state index contributed by atoms with van der Waals surface area (Å²) in [4.78, 5) is 0. The van der Waals surface area contributed by atoms with Gasteiger partial charge in [-0.1, -0.05) is 196 Å². The number of benzene rings is 14. The number of hydrogen-bond donors (Lipinski definition) is 0. The van der Waals surface area contributed by atoms with Crippen LogP contribution >= 0.6 is 0 Å². The first kappa shape index (κ1) is 61.7. The minimum Gasteiger partial charge on any atom is -0.309 e. The highest BCUT2D eigenvalue weighted by Crippen LogP contribution is 2.45. The highest BCUT2D eigenvalue weighted by Gasteiger charge is 2.26. The molecular weight excluding hydrogens is 1260 g/mol. The van der Waals surface area contributed by atoms with Crippen LogP contribution in [0.1, 0.15) is 79.0 Å². The van der Waals surface area contributed by atoms with E-state index in [0.29, 0.717) is 0 Å². The predicted octanol–water partition coefficient (Wildman–Crippen LogP) is 26.4. The number of rotatable bonds is 9. The Kier molecular flexibility index (Phi) is 13.5. The molecule has 0 bridgehead atoms. The molecule has 0 radical (unpaired) electrons. The number of hydrogen-bond acceptors (Lipinski definition) is 0. The molecular formula is C98H80N6. The van der Waals surface area contributed by atoms with Crippen molar-refractivity contribution in [2.45, 2.75) is 80.6 Å². The molecule has 0 N–H and O–H groups in total. The van der Waals surface area contributed by atoms with Gasteiger partial charge in [0.25, 0.3) is 0 Å². The molecule has 6 heterocycles. The summed E-state index contributed by atoms with van der Waals surface area (Å²) in [6.07, 6.45) is 1.97. The summed E-state index contributed by atoms with van der Waals surface area (Å²) >= 11 is 0. The van der Waals surface area contributed by atoms with Gasteiger partial charge in [0, 0.05) is 98.8 Å². The Morgan fingerprint density at radius 2 is 0.452 bits per heavy atom. The van der Waals surface area contributed by atoms with Gasteiger partial charge >= 0.3 is 0 Å². The van der Waals surface area contributed by atoms with E-state index in [1.54, 1.807) is 0 Å². The van der Waals surface area contributed by atoms with Crippen LogP contribution in [-0.2, 0) is 18.3 Å². The maximum absolute atomic E-state index is 2.55. The molecule has 6 heteroatoms. The molecule has 6 aromatic heterocycles. The molecule has 14 aromatic carbocycles. The molecule has 0 saturated heterocycles. The van der Waals surface area contributed by atoms with E-state index in [1.807, 2.05) is 0 Å². The normalized spacial score (nSPS) is 12.7. The molecule has 0 atom stereocenters. The zero-order chi connectivity index (χ0) is 70.2. The largest absolute Gasteiger partial charge is 0.309 e. The Balaban J connectivity index is 0.730. The summed E-state index contributed by atoms with van der Waals surface area (Å²) in [5.74, 6) is 0. The minimum absolute atomic E-state index is 0.0271. The van der Waals surface area contributed by atoms with E-state index >= 15 is 0 Å². The lowest BCUT2D eigenvalue weighted by Gasteiger charge is -2.23. The van der Waals surface area contributed by atoms with E-state index in [1.165, 1.54) is 164 Å². The predicted molar refractivity (Wildman–Crippen MR) is 443 cm³/mol. The lowest BCUT2D eigenvalue weighted by atomic mass is 9.84. The van der Waals surface area contributed by atoms with Crippen LogP contribution in [0, 0.1) is 10.8 Å². The molecule has 20 rings (SSSR count). The third-order valence-corrected chi connectivity index (χ3v) is 22.1. The van der Waals surface area contributed by atoms with Crippen LogP contribution in [0.2, 0.25) is 0 Å². The summed E-state index contributed by atoms with van der Waals surface area (Å²) in [6.45, 7) is 21.0. The van der Waals surface area contributed by atoms with Crippen LogP contribution in [0.15, 0.2) is 297 Å². The Morgan fingerprint density at radius 1 is 0.192 bits per heavy atom. The second-order valence-electron chi connectivity index (χ2n) is 32.7. The van der Waals surface area contributed by atoms with Crippen molar-refractivity contribution in [3.63, 3.8) is 0 Å². The Bertz CT molecular complexity index is 6880. The summed E-state index contributed by atoms with van der Waals surface area (Å²) in [5, 5.41) is 14.8. The SMILES string of the molecule is CC(C)(C)Cc1cc(CC(C)(C)C)cc(-n2c3ccc(-n4c5ccccc5c5ccccc54)cc3c3cc(-n4c5ccccc5c5cc(-c6ccc7c(c6)c6ccccc6n7-c6ccc7c(c6)c6cc(-n8c9ccccc9c9cc(C(C)(C)C)ccc98)ccc6n7-c6ccccc6)ccc54)ccc32)c1. The van der Waals surface area contributed by atoms with E-state index in [4.69, 9.17) is 0 Å². The molecule has 6 nitrogen and oxygen atoms in total. The Morgan fingerprint density at radius 3 is 0.788 bits per heavy atom. The summed E-state index contributed by atoms with van der Waals surface area (Å²) < 4.78 is 14.9. The van der Waals surface area contributed by atoms with Crippen LogP contribution in [0.25, 0.3) is 176 Å². The topological polar surface area (TPSA) is 29.6 Å². The van der Waals surface area contributed by atoms with Gasteiger partial charge < -0.3 is 27.4 Å². The standard InChI is InChI=1S/C98H80N6/c1-96(2,3)59-61-49-62(60-97(4,5)6)51-71(50-61)104-94-47-40-67(100-84-30-18-13-25-72(84)73-26-14-19-31-85(73)100)55-82(94)83-58-69(41-48-95(83)104)102-87-33-21-16-28-75(87)78-53-64(36-43-90(78)102)63-35-42-89-77(52-63)74-27-15-20-32-86(74)101(89)68-38-45-92-80(56-68)81-57-70(39-46-93(81)99(92)66-23-11-10-12-24-66)103-88-34-22-17-29-76(88)79-54-65(98(7,8)9)37-44-91(79)103/h10-58H,59-60H2,1-9H3. The molecule has 502 valence electrons. The van der Waals surface area contributed by atoms with Crippen molar-refractivity contribution < 1.29 is 0 Å². The van der Waals surface area contributed by atoms with Crippen molar-refractivity contribution in [2.24, 2.45) is 10.8 Å². The lowest BCUT2D eigenvalue weighted by Crippen LogP contribution is -2.13. The molecule has 0 amide bonds. The maximum atomic E-state index is 2.55. The third-order valence-electron chi connectivity index (χ3n) is 22.1. The zero-order valence-corrected chi connectivity index (χ0v) is 60.4. The molecule has 0 aliphatic rings. The fourth-order valence-corrected chi connectivity index (χ4v) is 17.8. The number of nitrogens with zero attached hydrogens (tertiary/aromatic N) is 6. The maximum Gasteiger partial charge on any atom is 0.0542 e. The molecule has 0 aliphatic carbocycles. The second-order valence-corrected chi connectivity index (χ2v) is 32.7. The van der Waals surface area contributed by atoms with Crippen molar-refractivity contribution in [2.75, 3.05) is 0 Å². The van der Waals surface area contributed by atoms with Crippen LogP contribution in [0.5, 0.6) is 0 Å². The van der Waals surface area contributed by atoms with Gasteiger partial charge in [-0.3, -0.25) is 0 Å². The molecule has 104 heavy (non-hydrogen) atoms. The smallest absolute Gasteiger partial charge is 0.0542 e. The van der Waals surface area contributed by atoms with Crippen molar-refractivity contribution in [1.29, 1.82) is 0 Å². The van der Waals surface area contributed by atoms with Gasteiger partial charge in [0.15, 0.2) is 0 Å². The van der Waals surface area contributed by atoms with Crippen molar-refractivity contribution in [3.8, 4) is 45.3 Å². The molecule has 0 fully saturated rings. The molecule has 0 saturated carbocycles. The van der Waals surface area contributed by atoms with Crippen LogP contribution < -0.4 is 0 Å². The average Bonchev–Trinajstić information content (AvgIpc) is 1.57. The van der Waals surface area contributed by atoms with Gasteiger partial charge in [0.05, 0.1) is 66.2 Å². The van der Waals surface area contributed by atoms with Gasteiger partial charge in [-0.2, -0.15) is 0 Å². The first-order valence-electron chi connectivity index (χ1n) is 36.9. The molecule has 0 aliphatic heterocycles. The Hall–Kier alpha value is -12.1. The second kappa shape index (κ2) is 22.7. The van der Waals surface area contributed by atoms with Gasteiger partial charge in [-0.25, -0.2) is 0 Å². The molecule has 20 aromatic rings. The summed E-state index contributed by atoms with van der Waals surface area (Å²) in [6, 6.07) is 113. The van der Waals surface area contributed by atoms with Crippen LogP contribution in [-0.4, -0.2) is 27.4 Å². The number of aromatic nitrogens is 6. The molecule has 0 spiro atoms. The van der Waals surface area contributed by atoms with E-state index in [2.05, 4.69) is 387 Å². The third kappa shape index (κ3) is 9.75. The zero-order valence-electron chi connectivity index (χ0n) is 60.4. The van der Waals surface area contributed by atoms with Crippen molar-refractivity contribution in [1.82, 2.24) is 27.4 Å². The van der Waals surface area contributed by atoms with Gasteiger partial charge in [0.2, 0.25) is 0 Å². The van der Waals surface area contributed by atoms with E-state index in [0.717, 1.165) is 41.3 Å². The average molecular weight is 1340 g/mol. The van der Waals surface area contributed by atoms with E-state index in [-0.39, 0.29) is 16.2 Å². The minimum atomic E-state index is 0.0271. The Labute approximate surface area is 605 Å². The fraction of sp³-hybridized carbons (Fsp3) is 0.143. The highest BCUT2D eigenvalue weighted by atomic mass is 15.0. The quantitative estimate of drug-likeness (QED) is 0.138. The van der Waals surface area contributed by atoms with Crippen LogP contribution in [0.3, 0.4) is 0 Å². The first-order valence-corrected chi connectivity index (χ1v) is 36.9. The monoisotopic (exact) mass is 1340 g/mol. The van der Waals surface area contributed by atoms with Gasteiger partial charge in [-0.05, 0) is 221 Å². The van der Waals surface area contributed by atoms with E-state index in [9.17, 15) is 0 Å². The van der Waals surface area contributed by atoms with Gasteiger partial charge in [-0.15, -0.1) is 0 Å². The van der Waals surface area contributed by atoms with Crippen LogP contribution in [0.4, 0.5) is 0 Å². The van der Waals surface area contributed by atoms with E-state index < -0.39 is 0 Å².